The Kier molecular flexibility index (Phi) is 3.42. The molecule has 0 aliphatic heterocycles. The van der Waals surface area contributed by atoms with Gasteiger partial charge < -0.3 is 0 Å². The van der Waals surface area contributed by atoms with Crippen LogP contribution in [0.25, 0.3) is 0 Å². The highest BCUT2D eigenvalue weighted by molar-refractivity contribution is 8.09. The number of hydrogen-bond acceptors (Lipinski definition) is 3. The Balaban J connectivity index is 3.79. The number of halogens is 2. The lowest BCUT2D eigenvalue weighted by Gasteiger charge is -2.12. The number of hydrogen-bond donors (Lipinski definition) is 0. The van der Waals surface area contributed by atoms with E-state index in [-0.39, 0.29) is 6.61 Å². The first kappa shape index (κ1) is 10.5. The molecule has 0 fully saturated rings. The minimum Gasteiger partial charge on any atom is -0.256 e. The first-order valence-corrected chi connectivity index (χ1v) is 5.10. The van der Waals surface area contributed by atoms with Crippen LogP contribution in [0.2, 0.25) is 0 Å². The fourth-order valence-corrected chi connectivity index (χ4v) is 0.899. The van der Waals surface area contributed by atoms with Crippen LogP contribution in [-0.4, -0.2) is 19.9 Å². The maximum atomic E-state index is 10.2. The summed E-state index contributed by atoms with van der Waals surface area (Å²) in [5.41, 5.74) is 0. The summed E-state index contributed by atoms with van der Waals surface area (Å²) in [6.45, 7) is 3.12. The summed E-state index contributed by atoms with van der Waals surface area (Å²) in [4.78, 5) is -0.706. The average Bonchev–Trinajstić information content (AvgIpc) is 1.57. The van der Waals surface area contributed by atoms with Gasteiger partial charge in [0.25, 0.3) is 0 Å². The molecular formula is C4H8Cl2O3S. The molecule has 0 aromatic heterocycles. The van der Waals surface area contributed by atoms with Gasteiger partial charge in [-0.05, 0) is 13.8 Å². The fourth-order valence-electron chi connectivity index (χ4n) is 0.211. The van der Waals surface area contributed by atoms with Gasteiger partial charge in [0, 0.05) is 10.7 Å². The Hall–Kier alpha value is 0.490. The zero-order chi connectivity index (χ0) is 8.41. The number of alkyl halides is 1. The van der Waals surface area contributed by atoms with Gasteiger partial charge in [0.15, 0.2) is 0 Å². The van der Waals surface area contributed by atoms with Crippen LogP contribution in [-0.2, 0) is 13.5 Å². The smallest absolute Gasteiger partial charge is 0.256 e. The molecule has 10 heavy (non-hydrogen) atoms. The zero-order valence-corrected chi connectivity index (χ0v) is 7.92. The van der Waals surface area contributed by atoms with Gasteiger partial charge in [-0.1, -0.05) is 0 Å². The van der Waals surface area contributed by atoms with Gasteiger partial charge in [0.1, 0.15) is 0 Å². The highest BCUT2D eigenvalue weighted by atomic mass is 35.7. The summed E-state index contributed by atoms with van der Waals surface area (Å²) in [5, 5.41) is 0. The fraction of sp³-hybridized carbons (Fsp3) is 1.00. The van der Waals surface area contributed by atoms with Gasteiger partial charge >= 0.3 is 9.33 Å². The predicted molar refractivity (Wildman–Crippen MR) is 40.7 cm³/mol. The van der Waals surface area contributed by atoms with E-state index in [2.05, 4.69) is 4.18 Å². The normalized spacial score (nSPS) is 13.6. The molecule has 0 aromatic rings. The third-order valence-corrected chi connectivity index (χ3v) is 1.32. The number of rotatable bonds is 3. The molecule has 0 bridgehead atoms. The third kappa shape index (κ3) is 8.49. The van der Waals surface area contributed by atoms with E-state index in [0.717, 1.165) is 0 Å². The van der Waals surface area contributed by atoms with Gasteiger partial charge in [-0.25, -0.2) is 0 Å². The van der Waals surface area contributed by atoms with Gasteiger partial charge in [0.05, 0.1) is 11.5 Å². The van der Waals surface area contributed by atoms with E-state index in [1.54, 1.807) is 13.8 Å². The van der Waals surface area contributed by atoms with E-state index < -0.39 is 14.2 Å². The lowest BCUT2D eigenvalue weighted by molar-refractivity contribution is 0.296. The molecule has 0 spiro atoms. The van der Waals surface area contributed by atoms with E-state index in [4.69, 9.17) is 22.3 Å². The summed E-state index contributed by atoms with van der Waals surface area (Å²) in [5.74, 6) is 0. The first-order valence-electron chi connectivity index (χ1n) is 2.49. The van der Waals surface area contributed by atoms with Crippen molar-refractivity contribution >= 4 is 31.6 Å². The molecule has 0 amide bonds. The van der Waals surface area contributed by atoms with Crippen LogP contribution in [0.4, 0.5) is 0 Å². The van der Waals surface area contributed by atoms with Crippen molar-refractivity contribution in [3.8, 4) is 0 Å². The van der Waals surface area contributed by atoms with Crippen LogP contribution in [0.1, 0.15) is 13.8 Å². The predicted octanol–water partition coefficient (Wildman–Crippen LogP) is 1.50. The summed E-state index contributed by atoms with van der Waals surface area (Å²) < 4.78 is 24.5. The van der Waals surface area contributed by atoms with Gasteiger partial charge in [-0.2, -0.15) is 8.42 Å². The quantitative estimate of drug-likeness (QED) is 0.520. The van der Waals surface area contributed by atoms with Crippen molar-refractivity contribution in [2.45, 2.75) is 18.7 Å². The van der Waals surface area contributed by atoms with Crippen molar-refractivity contribution in [3.63, 3.8) is 0 Å². The molecule has 0 aromatic carbocycles. The van der Waals surface area contributed by atoms with E-state index in [0.29, 0.717) is 0 Å². The zero-order valence-electron chi connectivity index (χ0n) is 5.60. The lowest BCUT2D eigenvalue weighted by atomic mass is 10.2. The molecule has 3 nitrogen and oxygen atoms in total. The van der Waals surface area contributed by atoms with Crippen LogP contribution >= 0.6 is 22.3 Å². The molecule has 0 N–H and O–H groups in total. The molecule has 6 heteroatoms. The molecule has 0 unspecified atom stereocenters. The molecule has 0 rings (SSSR count). The minimum atomic E-state index is -3.87. The van der Waals surface area contributed by atoms with Crippen molar-refractivity contribution in [3.05, 3.63) is 0 Å². The van der Waals surface area contributed by atoms with Gasteiger partial charge in [-0.15, -0.1) is 11.6 Å². The summed E-state index contributed by atoms with van der Waals surface area (Å²) >= 11 is 5.59. The maximum Gasteiger partial charge on any atom is 0.355 e. The van der Waals surface area contributed by atoms with Crippen LogP contribution in [0.3, 0.4) is 0 Å². The largest absolute Gasteiger partial charge is 0.355 e. The minimum absolute atomic E-state index is 0.125. The van der Waals surface area contributed by atoms with Gasteiger partial charge in [0.2, 0.25) is 0 Å². The van der Waals surface area contributed by atoms with E-state index in [1.807, 2.05) is 0 Å². The lowest BCUT2D eigenvalue weighted by Crippen LogP contribution is -2.20. The summed E-state index contributed by atoms with van der Waals surface area (Å²) in [6.07, 6.45) is 0. The highest BCUT2D eigenvalue weighted by Crippen LogP contribution is 2.14. The van der Waals surface area contributed by atoms with Crippen LogP contribution in [0, 0.1) is 0 Å². The topological polar surface area (TPSA) is 43.4 Å². The van der Waals surface area contributed by atoms with Crippen molar-refractivity contribution < 1.29 is 12.6 Å². The maximum absolute atomic E-state index is 10.2. The second-order valence-corrected chi connectivity index (χ2v) is 5.55. The van der Waals surface area contributed by atoms with E-state index in [9.17, 15) is 8.42 Å². The van der Waals surface area contributed by atoms with Crippen LogP contribution in [0.5, 0.6) is 0 Å². The van der Waals surface area contributed by atoms with E-state index in [1.165, 1.54) is 0 Å². The molecular weight excluding hydrogens is 199 g/mol. The second-order valence-electron chi connectivity index (χ2n) is 2.37. The molecule has 0 radical (unpaired) electrons. The Bertz CT molecular complexity index is 191. The van der Waals surface area contributed by atoms with Crippen LogP contribution in [0.15, 0.2) is 0 Å². The average molecular weight is 207 g/mol. The van der Waals surface area contributed by atoms with Crippen molar-refractivity contribution in [1.82, 2.24) is 0 Å². The first-order chi connectivity index (χ1) is 4.21. The second kappa shape index (κ2) is 3.26. The Labute approximate surface area is 69.9 Å². The molecule has 0 aliphatic carbocycles. The standard InChI is InChI=1S/C4H8Cl2O3S/c1-4(2,5)3-9-10(6,7)8/h3H2,1-2H3. The monoisotopic (exact) mass is 206 g/mol. The molecule has 0 heterocycles. The van der Waals surface area contributed by atoms with Crippen LogP contribution < -0.4 is 0 Å². The summed E-state index contributed by atoms with van der Waals surface area (Å²) in [6, 6.07) is 0. The molecule has 0 saturated heterocycles. The third-order valence-electron chi connectivity index (χ3n) is 0.543. The Morgan fingerprint density at radius 1 is 1.50 bits per heavy atom. The summed E-state index contributed by atoms with van der Waals surface area (Å²) in [7, 11) is 0.861. The SMILES string of the molecule is CC(C)(Cl)COS(=O)(=O)Cl. The highest BCUT2D eigenvalue weighted by Gasteiger charge is 2.17. The van der Waals surface area contributed by atoms with Crippen molar-refractivity contribution in [2.75, 3.05) is 6.61 Å². The molecule has 0 aliphatic rings. The van der Waals surface area contributed by atoms with Crippen molar-refractivity contribution in [1.29, 1.82) is 0 Å². The molecule has 0 atom stereocenters. The molecule has 62 valence electrons. The molecule has 0 saturated carbocycles. The van der Waals surface area contributed by atoms with Gasteiger partial charge in [-0.3, -0.25) is 4.18 Å². The Morgan fingerprint density at radius 3 is 2.00 bits per heavy atom. The van der Waals surface area contributed by atoms with E-state index >= 15 is 0 Å². The Morgan fingerprint density at radius 2 is 1.90 bits per heavy atom. The van der Waals surface area contributed by atoms with Crippen molar-refractivity contribution in [2.24, 2.45) is 0 Å².